The van der Waals surface area contributed by atoms with Crippen LogP contribution in [-0.4, -0.2) is 13.1 Å². The Labute approximate surface area is 166 Å². The van der Waals surface area contributed by atoms with Crippen molar-refractivity contribution in [1.29, 1.82) is 0 Å². The predicted octanol–water partition coefficient (Wildman–Crippen LogP) is 6.40. The van der Waals surface area contributed by atoms with Gasteiger partial charge in [-0.15, -0.1) is 0 Å². The quantitative estimate of drug-likeness (QED) is 0.421. The second kappa shape index (κ2) is 7.23. The summed E-state index contributed by atoms with van der Waals surface area (Å²) in [6.45, 7) is 7.62. The summed E-state index contributed by atoms with van der Waals surface area (Å²) in [4.78, 5) is 11.6. The van der Waals surface area contributed by atoms with Crippen LogP contribution in [0.2, 0.25) is 0 Å². The van der Waals surface area contributed by atoms with Crippen LogP contribution in [0.4, 0.5) is 0 Å². The highest BCUT2D eigenvalue weighted by Crippen LogP contribution is 2.66. The summed E-state index contributed by atoms with van der Waals surface area (Å²) in [5.41, 5.74) is 1.03. The van der Waals surface area contributed by atoms with Gasteiger partial charge in [0.25, 0.3) is 0 Å². The lowest BCUT2D eigenvalue weighted by atomic mass is 9.46. The number of hydrogen-bond donors (Lipinski definition) is 0. The van der Waals surface area contributed by atoms with E-state index < -0.39 is 0 Å². The van der Waals surface area contributed by atoms with Crippen molar-refractivity contribution >= 4 is 5.97 Å². The maximum Gasteiger partial charge on any atom is 0.305 e. The van der Waals surface area contributed by atoms with Gasteiger partial charge in [-0.25, -0.2) is 0 Å². The molecular weight excluding hydrogens is 332 g/mol. The highest BCUT2D eigenvalue weighted by atomic mass is 16.5. The number of hydrogen-bond acceptors (Lipinski definition) is 2. The molecule has 0 aromatic rings. The first-order valence-electron chi connectivity index (χ1n) is 11.7. The fraction of sp³-hybridized carbons (Fsp3) is 0.880. The van der Waals surface area contributed by atoms with E-state index in [0.29, 0.717) is 23.2 Å². The summed E-state index contributed by atoms with van der Waals surface area (Å²) in [6, 6.07) is 0. The first-order valence-corrected chi connectivity index (χ1v) is 11.7. The van der Waals surface area contributed by atoms with Crippen molar-refractivity contribution in [1.82, 2.24) is 0 Å². The Hall–Kier alpha value is -0.790. The van der Waals surface area contributed by atoms with E-state index in [1.165, 1.54) is 58.5 Å². The maximum atomic E-state index is 11.6. The van der Waals surface area contributed by atoms with E-state index in [1.807, 2.05) is 0 Å². The smallest absolute Gasteiger partial charge is 0.305 e. The second-order valence-corrected chi connectivity index (χ2v) is 10.9. The Bertz CT molecular complexity index is 595. The molecule has 0 bridgehead atoms. The summed E-state index contributed by atoms with van der Waals surface area (Å²) in [7, 11) is 1.51. The Morgan fingerprint density at radius 2 is 1.81 bits per heavy atom. The number of fused-ring (bicyclic) bond motifs is 5. The van der Waals surface area contributed by atoms with Gasteiger partial charge in [-0.05, 0) is 91.3 Å². The zero-order valence-electron chi connectivity index (χ0n) is 18.0. The number of ether oxygens (including phenoxy) is 1. The molecule has 0 aromatic heterocycles. The van der Waals surface area contributed by atoms with Crippen LogP contribution in [0.1, 0.15) is 85.0 Å². The van der Waals surface area contributed by atoms with E-state index >= 15 is 0 Å². The molecule has 0 saturated heterocycles. The molecule has 0 heterocycles. The van der Waals surface area contributed by atoms with Gasteiger partial charge in [0.05, 0.1) is 7.11 Å². The minimum Gasteiger partial charge on any atom is -0.469 e. The molecule has 0 aliphatic heterocycles. The fourth-order valence-electron chi connectivity index (χ4n) is 8.28. The Kier molecular flexibility index (Phi) is 5.23. The molecule has 4 aliphatic rings. The van der Waals surface area contributed by atoms with Crippen molar-refractivity contribution in [3.05, 3.63) is 12.2 Å². The number of rotatable bonds is 4. The standard InChI is InChI=1S/C25H40O2/c1-17(8-13-23(26)27-4)20-11-12-21-19-10-9-18-7-5-6-15-24(18,2)22(19)14-16-25(20,21)3/h9-10,17-22H,5-8,11-16H2,1-4H3/t17-,18-,19+,20-,21+,22+,24+,25-/m1/s1. The van der Waals surface area contributed by atoms with Crippen LogP contribution in [-0.2, 0) is 9.53 Å². The number of carbonyl (C=O) groups is 1. The number of allylic oxidation sites excluding steroid dienone is 2. The number of carbonyl (C=O) groups excluding carboxylic acids is 1. The molecule has 4 rings (SSSR count). The molecule has 0 radical (unpaired) electrons. The third-order valence-electron chi connectivity index (χ3n) is 9.86. The minimum absolute atomic E-state index is 0.0447. The SMILES string of the molecule is COC(=O)CC[C@@H](C)[C@H]1CC[C@H]2[C@@H]3C=C[C@H]4CCCC[C@]4(C)[C@H]3CC[C@]12C. The molecule has 0 spiro atoms. The van der Waals surface area contributed by atoms with E-state index in [1.54, 1.807) is 0 Å². The Morgan fingerprint density at radius 3 is 2.59 bits per heavy atom. The summed E-state index contributed by atoms with van der Waals surface area (Å²) >= 11 is 0. The molecule has 152 valence electrons. The van der Waals surface area contributed by atoms with Crippen molar-refractivity contribution in [2.45, 2.75) is 85.0 Å². The van der Waals surface area contributed by atoms with E-state index in [-0.39, 0.29) is 5.97 Å². The highest BCUT2D eigenvalue weighted by molar-refractivity contribution is 5.69. The summed E-state index contributed by atoms with van der Waals surface area (Å²) in [5.74, 6) is 4.78. The van der Waals surface area contributed by atoms with Crippen LogP contribution < -0.4 is 0 Å². The molecule has 27 heavy (non-hydrogen) atoms. The lowest BCUT2D eigenvalue weighted by Crippen LogP contribution is -2.51. The second-order valence-electron chi connectivity index (χ2n) is 10.9. The molecule has 0 amide bonds. The molecule has 8 atom stereocenters. The van der Waals surface area contributed by atoms with E-state index in [4.69, 9.17) is 4.74 Å². The van der Waals surface area contributed by atoms with Gasteiger partial charge in [0, 0.05) is 6.42 Å². The lowest BCUT2D eigenvalue weighted by molar-refractivity contribution is -0.141. The number of methoxy groups -OCH3 is 1. The van der Waals surface area contributed by atoms with E-state index in [0.717, 1.165) is 36.0 Å². The third kappa shape index (κ3) is 3.10. The molecule has 2 heteroatoms. The average molecular weight is 373 g/mol. The van der Waals surface area contributed by atoms with Gasteiger partial charge in [-0.1, -0.05) is 45.8 Å². The monoisotopic (exact) mass is 372 g/mol. The van der Waals surface area contributed by atoms with E-state index in [9.17, 15) is 4.79 Å². The average Bonchev–Trinajstić information content (AvgIpc) is 3.02. The summed E-state index contributed by atoms with van der Waals surface area (Å²) in [6.07, 6.45) is 18.2. The molecule has 0 N–H and O–H groups in total. The van der Waals surface area contributed by atoms with Crippen LogP contribution in [0.15, 0.2) is 12.2 Å². The third-order valence-corrected chi connectivity index (χ3v) is 9.86. The van der Waals surface area contributed by atoms with Gasteiger partial charge < -0.3 is 4.74 Å². The zero-order chi connectivity index (χ0) is 19.2. The first-order chi connectivity index (χ1) is 12.9. The van der Waals surface area contributed by atoms with Crippen molar-refractivity contribution in [3.8, 4) is 0 Å². The van der Waals surface area contributed by atoms with Crippen molar-refractivity contribution in [2.75, 3.05) is 7.11 Å². The lowest BCUT2D eigenvalue weighted by Gasteiger charge is -2.58. The van der Waals surface area contributed by atoms with Gasteiger partial charge >= 0.3 is 5.97 Å². The molecule has 3 saturated carbocycles. The molecule has 3 fully saturated rings. The largest absolute Gasteiger partial charge is 0.469 e. The van der Waals surface area contributed by atoms with Crippen LogP contribution in [0.25, 0.3) is 0 Å². The fourth-order valence-corrected chi connectivity index (χ4v) is 8.28. The topological polar surface area (TPSA) is 26.3 Å². The number of esters is 1. The van der Waals surface area contributed by atoms with Gasteiger partial charge in [-0.2, -0.15) is 0 Å². The zero-order valence-corrected chi connectivity index (χ0v) is 18.0. The molecule has 2 nitrogen and oxygen atoms in total. The van der Waals surface area contributed by atoms with Crippen LogP contribution in [0.5, 0.6) is 0 Å². The predicted molar refractivity (Wildman–Crippen MR) is 110 cm³/mol. The van der Waals surface area contributed by atoms with Crippen molar-refractivity contribution in [2.24, 2.45) is 46.3 Å². The summed E-state index contributed by atoms with van der Waals surface area (Å²) < 4.78 is 4.88. The molecule has 0 aromatic carbocycles. The van der Waals surface area contributed by atoms with Crippen LogP contribution >= 0.6 is 0 Å². The van der Waals surface area contributed by atoms with Gasteiger partial charge in [0.1, 0.15) is 0 Å². The highest BCUT2D eigenvalue weighted by Gasteiger charge is 2.58. The Balaban J connectivity index is 1.52. The van der Waals surface area contributed by atoms with Crippen LogP contribution in [0.3, 0.4) is 0 Å². The van der Waals surface area contributed by atoms with Crippen molar-refractivity contribution < 1.29 is 9.53 Å². The molecule has 4 aliphatic carbocycles. The van der Waals surface area contributed by atoms with Gasteiger partial charge in [-0.3, -0.25) is 4.79 Å². The van der Waals surface area contributed by atoms with Crippen molar-refractivity contribution in [3.63, 3.8) is 0 Å². The summed E-state index contributed by atoms with van der Waals surface area (Å²) in [5, 5.41) is 0. The minimum atomic E-state index is -0.0447. The molecule has 0 unspecified atom stereocenters. The Morgan fingerprint density at radius 1 is 1.04 bits per heavy atom. The van der Waals surface area contributed by atoms with E-state index in [2.05, 4.69) is 32.9 Å². The van der Waals surface area contributed by atoms with Crippen LogP contribution in [0, 0.1) is 46.3 Å². The van der Waals surface area contributed by atoms with Gasteiger partial charge in [0.15, 0.2) is 0 Å². The normalized spacial score (nSPS) is 46.9. The maximum absolute atomic E-state index is 11.6. The van der Waals surface area contributed by atoms with Gasteiger partial charge in [0.2, 0.25) is 0 Å². The molecular formula is C25H40O2. The first kappa shape index (κ1) is 19.5.